The van der Waals surface area contributed by atoms with Crippen LogP contribution in [0.5, 0.6) is 0 Å². The van der Waals surface area contributed by atoms with E-state index < -0.39 is 0 Å². The molecule has 124 valence electrons. The number of benzene rings is 2. The number of carbonyl (C=O) groups is 1. The van der Waals surface area contributed by atoms with Gasteiger partial charge in [0.25, 0.3) is 5.91 Å². The summed E-state index contributed by atoms with van der Waals surface area (Å²) in [6.07, 6.45) is 0. The Balaban J connectivity index is 1.88. The van der Waals surface area contributed by atoms with Crippen LogP contribution in [0, 0.1) is 0 Å². The number of hydrogen-bond acceptors (Lipinski definition) is 2. The maximum Gasteiger partial charge on any atom is 0.256 e. The Morgan fingerprint density at radius 1 is 1.00 bits per heavy atom. The van der Waals surface area contributed by atoms with Crippen LogP contribution in [0.2, 0.25) is 0 Å². The summed E-state index contributed by atoms with van der Waals surface area (Å²) in [5, 5.41) is 1.20. The summed E-state index contributed by atoms with van der Waals surface area (Å²) in [6.45, 7) is 0.575. The minimum Gasteiger partial charge on any atom is -0.377 e. The molecular weight excluding hydrogens is 298 g/mol. The lowest BCUT2D eigenvalue weighted by atomic mass is 10.1. The smallest absolute Gasteiger partial charge is 0.256 e. The van der Waals surface area contributed by atoms with Crippen LogP contribution in [-0.4, -0.2) is 36.5 Å². The molecule has 4 nitrogen and oxygen atoms in total. The lowest BCUT2D eigenvalue weighted by molar-refractivity contribution is 0.0783. The Morgan fingerprint density at radius 3 is 2.38 bits per heavy atom. The fraction of sp³-hybridized carbons (Fsp3) is 0.250. The maximum absolute atomic E-state index is 12.9. The third-order valence-corrected chi connectivity index (χ3v) is 4.41. The molecule has 2 aromatic carbocycles. The molecule has 0 saturated heterocycles. The van der Waals surface area contributed by atoms with E-state index in [9.17, 15) is 4.79 Å². The first-order chi connectivity index (χ1) is 11.5. The standard InChI is InChI=1S/C20H23N3O/c1-21(2)19-12-8-6-10-17(19)20(24)22(3)14-16-13-15-9-5-7-11-18(15)23(16)4/h5-13H,14H2,1-4H3. The highest BCUT2D eigenvalue weighted by Gasteiger charge is 2.18. The van der Waals surface area contributed by atoms with E-state index in [1.807, 2.05) is 69.5 Å². The average Bonchev–Trinajstić information content (AvgIpc) is 2.90. The topological polar surface area (TPSA) is 28.5 Å². The predicted octanol–water partition coefficient (Wildman–Crippen LogP) is 3.52. The molecule has 0 N–H and O–H groups in total. The largest absolute Gasteiger partial charge is 0.377 e. The minimum atomic E-state index is 0.0320. The second-order valence-corrected chi connectivity index (χ2v) is 6.33. The normalized spacial score (nSPS) is 10.8. The van der Waals surface area contributed by atoms with Crippen molar-refractivity contribution in [1.29, 1.82) is 0 Å². The highest BCUT2D eigenvalue weighted by atomic mass is 16.2. The Morgan fingerprint density at radius 2 is 1.67 bits per heavy atom. The Bertz CT molecular complexity index is 879. The summed E-state index contributed by atoms with van der Waals surface area (Å²) in [6, 6.07) is 18.1. The quantitative estimate of drug-likeness (QED) is 0.735. The molecule has 24 heavy (non-hydrogen) atoms. The summed E-state index contributed by atoms with van der Waals surface area (Å²) < 4.78 is 2.15. The van der Waals surface area contributed by atoms with Crippen LogP contribution >= 0.6 is 0 Å². The van der Waals surface area contributed by atoms with Gasteiger partial charge in [0.2, 0.25) is 0 Å². The molecule has 0 aliphatic heterocycles. The summed E-state index contributed by atoms with van der Waals surface area (Å²) >= 11 is 0. The van der Waals surface area contributed by atoms with Crippen molar-refractivity contribution in [2.24, 2.45) is 7.05 Å². The Labute approximate surface area is 142 Å². The number of rotatable bonds is 4. The zero-order chi connectivity index (χ0) is 17.3. The highest BCUT2D eigenvalue weighted by molar-refractivity contribution is 5.99. The molecule has 0 saturated carbocycles. The second-order valence-electron chi connectivity index (χ2n) is 6.33. The van der Waals surface area contributed by atoms with E-state index in [2.05, 4.69) is 22.8 Å². The van der Waals surface area contributed by atoms with Crippen molar-refractivity contribution in [3.8, 4) is 0 Å². The van der Waals surface area contributed by atoms with Crippen molar-refractivity contribution in [2.45, 2.75) is 6.54 Å². The van der Waals surface area contributed by atoms with Gasteiger partial charge in [-0.25, -0.2) is 0 Å². The zero-order valence-corrected chi connectivity index (χ0v) is 14.7. The first-order valence-electron chi connectivity index (χ1n) is 8.04. The average molecular weight is 321 g/mol. The van der Waals surface area contributed by atoms with E-state index in [1.54, 1.807) is 4.90 Å². The lowest BCUT2D eigenvalue weighted by Crippen LogP contribution is -2.28. The molecule has 0 aliphatic carbocycles. The van der Waals surface area contributed by atoms with E-state index in [1.165, 1.54) is 10.9 Å². The van der Waals surface area contributed by atoms with Crippen LogP contribution in [0.1, 0.15) is 16.1 Å². The molecule has 0 bridgehead atoms. The molecule has 4 heteroatoms. The predicted molar refractivity (Wildman–Crippen MR) is 99.5 cm³/mol. The number of fused-ring (bicyclic) bond motifs is 1. The van der Waals surface area contributed by atoms with Crippen LogP contribution in [-0.2, 0) is 13.6 Å². The molecule has 3 rings (SSSR count). The molecule has 0 radical (unpaired) electrons. The number of anilines is 1. The molecule has 1 aromatic heterocycles. The van der Waals surface area contributed by atoms with Gasteiger partial charge < -0.3 is 14.4 Å². The van der Waals surface area contributed by atoms with Gasteiger partial charge in [-0.2, -0.15) is 0 Å². The van der Waals surface area contributed by atoms with Crippen LogP contribution in [0.15, 0.2) is 54.6 Å². The van der Waals surface area contributed by atoms with Crippen molar-refractivity contribution in [3.05, 3.63) is 65.9 Å². The SMILES string of the molecule is CN(Cc1cc2ccccc2n1C)C(=O)c1ccccc1N(C)C. The number of carbonyl (C=O) groups excluding carboxylic acids is 1. The maximum atomic E-state index is 12.9. The zero-order valence-electron chi connectivity index (χ0n) is 14.7. The van der Waals surface area contributed by atoms with E-state index in [0.717, 1.165) is 16.9 Å². The van der Waals surface area contributed by atoms with E-state index in [-0.39, 0.29) is 5.91 Å². The van der Waals surface area contributed by atoms with Crippen molar-refractivity contribution >= 4 is 22.5 Å². The number of aromatic nitrogens is 1. The van der Waals surface area contributed by atoms with Crippen molar-refractivity contribution in [1.82, 2.24) is 9.47 Å². The molecule has 0 spiro atoms. The minimum absolute atomic E-state index is 0.0320. The molecule has 1 heterocycles. The van der Waals surface area contributed by atoms with E-state index in [4.69, 9.17) is 0 Å². The number of nitrogens with zero attached hydrogens (tertiary/aromatic N) is 3. The monoisotopic (exact) mass is 321 g/mol. The van der Waals surface area contributed by atoms with Crippen LogP contribution in [0.3, 0.4) is 0 Å². The third-order valence-electron chi connectivity index (χ3n) is 4.41. The molecule has 1 amide bonds. The molecule has 0 aliphatic rings. The third kappa shape index (κ3) is 2.87. The fourth-order valence-corrected chi connectivity index (χ4v) is 3.06. The van der Waals surface area contributed by atoms with Gasteiger partial charge in [-0.1, -0.05) is 30.3 Å². The highest BCUT2D eigenvalue weighted by Crippen LogP contribution is 2.22. The van der Waals surface area contributed by atoms with Crippen molar-refractivity contribution in [2.75, 3.05) is 26.0 Å². The molecular formula is C20H23N3O. The second kappa shape index (κ2) is 6.40. The number of amides is 1. The van der Waals surface area contributed by atoms with E-state index >= 15 is 0 Å². The molecule has 0 fully saturated rings. The van der Waals surface area contributed by atoms with Gasteiger partial charge in [-0.3, -0.25) is 4.79 Å². The van der Waals surface area contributed by atoms with Gasteiger partial charge in [0.15, 0.2) is 0 Å². The molecule has 0 atom stereocenters. The van der Waals surface area contributed by atoms with Gasteiger partial charge in [-0.15, -0.1) is 0 Å². The first-order valence-corrected chi connectivity index (χ1v) is 8.04. The Hall–Kier alpha value is -2.75. The van der Waals surface area contributed by atoms with Gasteiger partial charge in [0.1, 0.15) is 0 Å². The Kier molecular flexibility index (Phi) is 4.30. The van der Waals surface area contributed by atoms with Gasteiger partial charge in [0, 0.05) is 45.1 Å². The summed E-state index contributed by atoms with van der Waals surface area (Å²) in [5.74, 6) is 0.0320. The first kappa shape index (κ1) is 16.1. The lowest BCUT2D eigenvalue weighted by Gasteiger charge is -2.22. The van der Waals surface area contributed by atoms with Crippen LogP contribution in [0.4, 0.5) is 5.69 Å². The van der Waals surface area contributed by atoms with Crippen LogP contribution in [0.25, 0.3) is 10.9 Å². The summed E-state index contributed by atoms with van der Waals surface area (Å²) in [4.78, 5) is 16.6. The number of aryl methyl sites for hydroxylation is 1. The van der Waals surface area contributed by atoms with Gasteiger partial charge >= 0.3 is 0 Å². The van der Waals surface area contributed by atoms with Crippen LogP contribution < -0.4 is 4.90 Å². The molecule has 0 unspecified atom stereocenters. The number of para-hydroxylation sites is 2. The van der Waals surface area contributed by atoms with Gasteiger partial charge in [-0.05, 0) is 29.7 Å². The fourth-order valence-electron chi connectivity index (χ4n) is 3.06. The van der Waals surface area contributed by atoms with Gasteiger partial charge in [0.05, 0.1) is 12.1 Å². The van der Waals surface area contributed by atoms with E-state index in [0.29, 0.717) is 6.54 Å². The summed E-state index contributed by atoms with van der Waals surface area (Å²) in [7, 11) is 7.81. The molecule has 3 aromatic rings. The number of hydrogen-bond donors (Lipinski definition) is 0. The van der Waals surface area contributed by atoms with Crippen molar-refractivity contribution < 1.29 is 4.79 Å². The summed E-state index contributed by atoms with van der Waals surface area (Å²) in [5.41, 5.74) is 3.96. The van der Waals surface area contributed by atoms with Crippen molar-refractivity contribution in [3.63, 3.8) is 0 Å².